The third kappa shape index (κ3) is 3.14. The lowest BCUT2D eigenvalue weighted by molar-refractivity contribution is -0.137. The zero-order valence-electron chi connectivity index (χ0n) is 14.0. The van der Waals surface area contributed by atoms with Crippen molar-refractivity contribution in [1.29, 1.82) is 0 Å². The Morgan fingerprint density at radius 1 is 1.04 bits per heavy atom. The molecule has 0 radical (unpaired) electrons. The van der Waals surface area contributed by atoms with Crippen LogP contribution in [0.5, 0.6) is 5.75 Å². The molecule has 2 aliphatic rings. The molecule has 0 aromatic heterocycles. The minimum atomic E-state index is -4.34. The van der Waals surface area contributed by atoms with Gasteiger partial charge in [0.05, 0.1) is 17.7 Å². The minimum Gasteiger partial charge on any atom is -0.491 e. The number of benzene rings is 2. The van der Waals surface area contributed by atoms with E-state index in [9.17, 15) is 13.2 Å². The molecule has 0 aliphatic carbocycles. The molecule has 2 aromatic rings. The molecule has 1 fully saturated rings. The van der Waals surface area contributed by atoms with Crippen LogP contribution in [-0.4, -0.2) is 43.0 Å². The number of ether oxygens (including phenoxy) is 1. The van der Waals surface area contributed by atoms with Crippen molar-refractivity contribution in [2.75, 3.05) is 26.2 Å². The van der Waals surface area contributed by atoms with E-state index in [1.165, 1.54) is 12.1 Å². The first-order valence-corrected chi connectivity index (χ1v) is 8.41. The molecule has 4 nitrogen and oxygen atoms in total. The van der Waals surface area contributed by atoms with E-state index >= 15 is 0 Å². The van der Waals surface area contributed by atoms with Crippen LogP contribution in [-0.2, 0) is 6.18 Å². The molecule has 1 saturated heterocycles. The van der Waals surface area contributed by atoms with Gasteiger partial charge in [0.25, 0.3) is 0 Å². The molecule has 136 valence electrons. The topological polar surface area (TPSA) is 50.8 Å². The lowest BCUT2D eigenvalue weighted by atomic mass is 9.99. The monoisotopic (exact) mass is 361 g/mol. The normalized spacial score (nSPS) is 17.7. The Hall–Kier alpha value is -2.54. The quantitative estimate of drug-likeness (QED) is 0.849. The van der Waals surface area contributed by atoms with Gasteiger partial charge in [-0.1, -0.05) is 18.2 Å². The molecule has 0 spiro atoms. The Balaban J connectivity index is 1.69. The van der Waals surface area contributed by atoms with Gasteiger partial charge in [0.15, 0.2) is 0 Å². The molecular weight excluding hydrogens is 343 g/mol. The summed E-state index contributed by atoms with van der Waals surface area (Å²) in [4.78, 5) is 6.72. The van der Waals surface area contributed by atoms with E-state index in [0.717, 1.165) is 47.9 Å². The summed E-state index contributed by atoms with van der Waals surface area (Å²) >= 11 is 0. The number of nitrogens with two attached hydrogens (primary N) is 1. The van der Waals surface area contributed by atoms with Crippen LogP contribution in [0.25, 0.3) is 11.1 Å². The fourth-order valence-corrected chi connectivity index (χ4v) is 3.21. The van der Waals surface area contributed by atoms with Crippen LogP contribution in [0.3, 0.4) is 0 Å². The maximum absolute atomic E-state index is 12.8. The molecule has 4 rings (SSSR count). The number of nitrogens with zero attached hydrogens (tertiary/aromatic N) is 2. The van der Waals surface area contributed by atoms with Crippen LogP contribution >= 0.6 is 0 Å². The smallest absolute Gasteiger partial charge is 0.416 e. The highest BCUT2D eigenvalue weighted by atomic mass is 19.4. The number of amidine groups is 1. The van der Waals surface area contributed by atoms with E-state index in [1.807, 2.05) is 18.2 Å². The average Bonchev–Trinajstić information content (AvgIpc) is 2.80. The molecular formula is C19H18F3N3O. The molecule has 0 unspecified atom stereocenters. The second-order valence-electron chi connectivity index (χ2n) is 6.50. The zero-order chi connectivity index (χ0) is 18.3. The van der Waals surface area contributed by atoms with Gasteiger partial charge in [0.2, 0.25) is 0 Å². The predicted octanol–water partition coefficient (Wildman–Crippen LogP) is 3.15. The van der Waals surface area contributed by atoms with E-state index < -0.39 is 11.7 Å². The molecule has 0 atom stereocenters. The van der Waals surface area contributed by atoms with Crippen molar-refractivity contribution in [1.82, 2.24) is 4.90 Å². The highest BCUT2D eigenvalue weighted by Crippen LogP contribution is 2.33. The van der Waals surface area contributed by atoms with Crippen LogP contribution in [0, 0.1) is 0 Å². The molecule has 0 amide bonds. The number of fused-ring (bicyclic) bond motifs is 1. The van der Waals surface area contributed by atoms with Gasteiger partial charge in [-0.2, -0.15) is 13.2 Å². The maximum atomic E-state index is 12.8. The Morgan fingerprint density at radius 2 is 1.73 bits per heavy atom. The number of aliphatic imine (C=N–C) groups is 1. The summed E-state index contributed by atoms with van der Waals surface area (Å²) in [6, 6.07) is 10.9. The Labute approximate surface area is 149 Å². The fourth-order valence-electron chi connectivity index (χ4n) is 3.21. The number of halogens is 3. The molecule has 7 heteroatoms. The lowest BCUT2D eigenvalue weighted by Gasteiger charge is -2.39. The van der Waals surface area contributed by atoms with Gasteiger partial charge in [-0.05, 0) is 35.4 Å². The Bertz CT molecular complexity index is 840. The fraction of sp³-hybridized carbons (Fsp3) is 0.316. The van der Waals surface area contributed by atoms with E-state index in [1.54, 1.807) is 0 Å². The van der Waals surface area contributed by atoms with Crippen molar-refractivity contribution < 1.29 is 17.9 Å². The van der Waals surface area contributed by atoms with Gasteiger partial charge in [-0.25, -0.2) is 0 Å². The van der Waals surface area contributed by atoms with Gasteiger partial charge < -0.3 is 15.4 Å². The van der Waals surface area contributed by atoms with Crippen molar-refractivity contribution in [3.63, 3.8) is 0 Å². The Morgan fingerprint density at radius 3 is 2.38 bits per heavy atom. The summed E-state index contributed by atoms with van der Waals surface area (Å²) in [5.74, 6) is 1.57. The van der Waals surface area contributed by atoms with Crippen molar-refractivity contribution in [2.45, 2.75) is 12.2 Å². The maximum Gasteiger partial charge on any atom is 0.416 e. The number of likely N-dealkylation sites (tertiary alicyclic amines) is 1. The molecule has 2 aromatic carbocycles. The van der Waals surface area contributed by atoms with Gasteiger partial charge >= 0.3 is 6.18 Å². The molecule has 0 saturated carbocycles. The number of rotatable bonds is 1. The standard InChI is InChI=1S/C19H18F3N3O/c20-19(21,22)14-4-1-12(2-5-14)13-3-6-17-16(9-13)18(24-7-8-26-17)25-10-15(23)11-25/h1-6,9,15H,7-8,10-11,23H2. The number of hydrogen-bond donors (Lipinski definition) is 1. The third-order valence-electron chi connectivity index (χ3n) is 4.59. The van der Waals surface area contributed by atoms with Gasteiger partial charge in [0, 0.05) is 19.1 Å². The Kier molecular flexibility index (Phi) is 4.11. The first-order chi connectivity index (χ1) is 12.4. The van der Waals surface area contributed by atoms with Crippen LogP contribution in [0.1, 0.15) is 11.1 Å². The predicted molar refractivity (Wildman–Crippen MR) is 93.3 cm³/mol. The minimum absolute atomic E-state index is 0.142. The molecule has 0 bridgehead atoms. The SMILES string of the molecule is NC1CN(C2=NCCOc3ccc(-c4ccc(C(F)(F)F)cc4)cc32)C1. The van der Waals surface area contributed by atoms with Gasteiger partial charge in [-0.15, -0.1) is 0 Å². The van der Waals surface area contributed by atoms with Crippen LogP contribution in [0.15, 0.2) is 47.5 Å². The van der Waals surface area contributed by atoms with E-state index in [4.69, 9.17) is 10.5 Å². The van der Waals surface area contributed by atoms with Crippen LogP contribution in [0.4, 0.5) is 13.2 Å². The zero-order valence-corrected chi connectivity index (χ0v) is 14.0. The molecule has 26 heavy (non-hydrogen) atoms. The first kappa shape index (κ1) is 16.9. The van der Waals surface area contributed by atoms with E-state index in [0.29, 0.717) is 18.7 Å². The highest BCUT2D eigenvalue weighted by molar-refractivity contribution is 6.03. The molecule has 2 N–H and O–H groups in total. The van der Waals surface area contributed by atoms with Crippen LogP contribution < -0.4 is 10.5 Å². The largest absolute Gasteiger partial charge is 0.491 e. The summed E-state index contributed by atoms with van der Waals surface area (Å²) < 4.78 is 44.0. The molecule has 2 aliphatic heterocycles. The van der Waals surface area contributed by atoms with Crippen molar-refractivity contribution in [3.05, 3.63) is 53.6 Å². The van der Waals surface area contributed by atoms with Crippen LogP contribution in [0.2, 0.25) is 0 Å². The summed E-state index contributed by atoms with van der Waals surface area (Å²) in [7, 11) is 0. The second kappa shape index (κ2) is 6.32. The molecule has 2 heterocycles. The van der Waals surface area contributed by atoms with Gasteiger partial charge in [0.1, 0.15) is 18.2 Å². The second-order valence-corrected chi connectivity index (χ2v) is 6.50. The van der Waals surface area contributed by atoms with Crippen molar-refractivity contribution in [3.8, 4) is 16.9 Å². The highest BCUT2D eigenvalue weighted by Gasteiger charge is 2.31. The van der Waals surface area contributed by atoms with E-state index in [-0.39, 0.29) is 6.04 Å². The third-order valence-corrected chi connectivity index (χ3v) is 4.59. The summed E-state index contributed by atoms with van der Waals surface area (Å²) in [6.45, 7) is 2.53. The van der Waals surface area contributed by atoms with Gasteiger partial charge in [-0.3, -0.25) is 4.99 Å². The van der Waals surface area contributed by atoms with Crippen molar-refractivity contribution >= 4 is 5.84 Å². The average molecular weight is 361 g/mol. The lowest BCUT2D eigenvalue weighted by Crippen LogP contribution is -2.58. The number of hydrogen-bond acceptors (Lipinski definition) is 4. The summed E-state index contributed by atoms with van der Waals surface area (Å²) in [5.41, 5.74) is 7.61. The van der Waals surface area contributed by atoms with E-state index in [2.05, 4.69) is 9.89 Å². The first-order valence-electron chi connectivity index (χ1n) is 8.41. The number of alkyl halides is 3. The summed E-state index contributed by atoms with van der Waals surface area (Å²) in [6.07, 6.45) is -4.34. The van der Waals surface area contributed by atoms with Crippen molar-refractivity contribution in [2.24, 2.45) is 10.7 Å². The summed E-state index contributed by atoms with van der Waals surface area (Å²) in [5, 5.41) is 0.